The minimum atomic E-state index is -0.176. The molecule has 0 bridgehead atoms. The molecule has 0 radical (unpaired) electrons. The van der Waals surface area contributed by atoms with Gasteiger partial charge in [0.1, 0.15) is 5.70 Å². The minimum Gasteiger partial charge on any atom is -0.328 e. The predicted octanol–water partition coefficient (Wildman–Crippen LogP) is 2.80. The van der Waals surface area contributed by atoms with E-state index in [1.807, 2.05) is 12.1 Å². The molecular formula is C16H16N2OS. The van der Waals surface area contributed by atoms with Crippen molar-refractivity contribution in [3.8, 4) is 0 Å². The number of benzene rings is 1. The minimum absolute atomic E-state index is 0.176. The first-order valence-corrected chi connectivity index (χ1v) is 7.11. The summed E-state index contributed by atoms with van der Waals surface area (Å²) in [6.45, 7) is 4.48. The number of carbonyl (C=O) groups is 1. The highest BCUT2D eigenvalue weighted by Crippen LogP contribution is 2.34. The van der Waals surface area contributed by atoms with Crippen molar-refractivity contribution in [2.45, 2.75) is 19.8 Å². The van der Waals surface area contributed by atoms with Crippen LogP contribution >= 0.6 is 12.2 Å². The van der Waals surface area contributed by atoms with E-state index in [-0.39, 0.29) is 5.91 Å². The van der Waals surface area contributed by atoms with Crippen molar-refractivity contribution in [3.63, 3.8) is 0 Å². The zero-order valence-electron chi connectivity index (χ0n) is 11.4. The molecule has 20 heavy (non-hydrogen) atoms. The Labute approximate surface area is 123 Å². The quantitative estimate of drug-likeness (QED) is 0.615. The second-order valence-electron chi connectivity index (χ2n) is 5.36. The number of nitrogens with one attached hydrogen (secondary N) is 2. The molecule has 0 saturated carbocycles. The maximum Gasteiger partial charge on any atom is 0.273 e. The van der Waals surface area contributed by atoms with Crippen molar-refractivity contribution >= 4 is 35.4 Å². The Hall–Kier alpha value is -1.94. The molecule has 1 aliphatic carbocycles. The topological polar surface area (TPSA) is 41.1 Å². The summed E-state index contributed by atoms with van der Waals surface area (Å²) in [5.74, 6) is 0.911. The average molecular weight is 284 g/mol. The molecule has 0 aromatic heterocycles. The first-order valence-electron chi connectivity index (χ1n) is 6.71. The van der Waals surface area contributed by atoms with Gasteiger partial charge in [-0.3, -0.25) is 10.1 Å². The molecule has 1 aliphatic heterocycles. The van der Waals surface area contributed by atoms with E-state index >= 15 is 0 Å². The van der Waals surface area contributed by atoms with Gasteiger partial charge >= 0.3 is 0 Å². The van der Waals surface area contributed by atoms with Crippen LogP contribution in [0.25, 0.3) is 12.2 Å². The lowest BCUT2D eigenvalue weighted by atomic mass is 9.81. The number of hydrogen-bond donors (Lipinski definition) is 2. The molecule has 4 heteroatoms. The Balaban J connectivity index is 1.95. The molecule has 1 fully saturated rings. The summed E-state index contributed by atoms with van der Waals surface area (Å²) >= 11 is 4.92. The maximum absolute atomic E-state index is 11.6. The number of rotatable bonds is 1. The summed E-state index contributed by atoms with van der Waals surface area (Å²) in [5, 5.41) is 5.79. The number of allylic oxidation sites excluding steroid dienone is 1. The van der Waals surface area contributed by atoms with Crippen LogP contribution in [0.1, 0.15) is 36.5 Å². The summed E-state index contributed by atoms with van der Waals surface area (Å²) in [6, 6.07) is 6.31. The average Bonchev–Trinajstić information content (AvgIpc) is 2.72. The fourth-order valence-corrected chi connectivity index (χ4v) is 2.80. The van der Waals surface area contributed by atoms with E-state index in [1.54, 1.807) is 0 Å². The number of amides is 1. The van der Waals surface area contributed by atoms with Crippen LogP contribution in [0.5, 0.6) is 0 Å². The highest BCUT2D eigenvalue weighted by Gasteiger charge is 2.21. The van der Waals surface area contributed by atoms with E-state index in [0.717, 1.165) is 5.56 Å². The van der Waals surface area contributed by atoms with E-state index in [2.05, 4.69) is 48.8 Å². The van der Waals surface area contributed by atoms with Gasteiger partial charge < -0.3 is 5.32 Å². The van der Waals surface area contributed by atoms with Gasteiger partial charge in [0.25, 0.3) is 5.91 Å². The fourth-order valence-electron chi connectivity index (χ4n) is 2.60. The molecule has 3 nitrogen and oxygen atoms in total. The van der Waals surface area contributed by atoms with Crippen molar-refractivity contribution in [2.24, 2.45) is 5.92 Å². The van der Waals surface area contributed by atoms with Gasteiger partial charge in [0.2, 0.25) is 0 Å². The van der Waals surface area contributed by atoms with E-state index in [9.17, 15) is 4.79 Å². The molecule has 1 amide bonds. The summed E-state index contributed by atoms with van der Waals surface area (Å²) in [6.07, 6.45) is 6.22. The highest BCUT2D eigenvalue weighted by molar-refractivity contribution is 7.80. The first kappa shape index (κ1) is 13.1. The van der Waals surface area contributed by atoms with Gasteiger partial charge in [-0.2, -0.15) is 0 Å². The first-order chi connectivity index (χ1) is 9.54. The lowest BCUT2D eigenvalue weighted by Crippen LogP contribution is -2.21. The molecule has 3 rings (SSSR count). The van der Waals surface area contributed by atoms with Crippen molar-refractivity contribution in [1.29, 1.82) is 0 Å². The molecule has 1 heterocycles. The lowest BCUT2D eigenvalue weighted by molar-refractivity contribution is -0.115. The SMILES string of the molecule is CC1C=Cc2cc(/C=C3\NC(=S)NC3=O)ccc2C1C. The van der Waals surface area contributed by atoms with Crippen LogP contribution in [0, 0.1) is 5.92 Å². The monoisotopic (exact) mass is 284 g/mol. The second kappa shape index (κ2) is 4.87. The van der Waals surface area contributed by atoms with Crippen LogP contribution in [0.2, 0.25) is 0 Å². The molecule has 2 unspecified atom stereocenters. The van der Waals surface area contributed by atoms with E-state index in [1.165, 1.54) is 11.1 Å². The zero-order chi connectivity index (χ0) is 14.3. The Morgan fingerprint density at radius 3 is 2.75 bits per heavy atom. The van der Waals surface area contributed by atoms with Gasteiger partial charge in [-0.25, -0.2) is 0 Å². The van der Waals surface area contributed by atoms with Gasteiger partial charge in [-0.1, -0.05) is 38.1 Å². The molecule has 1 aromatic rings. The van der Waals surface area contributed by atoms with E-state index < -0.39 is 0 Å². The molecule has 2 aliphatic rings. The summed E-state index contributed by atoms with van der Waals surface area (Å²) < 4.78 is 0. The number of carbonyl (C=O) groups excluding carboxylic acids is 1. The predicted molar refractivity (Wildman–Crippen MR) is 84.9 cm³/mol. The van der Waals surface area contributed by atoms with Gasteiger partial charge in [0.05, 0.1) is 0 Å². The largest absolute Gasteiger partial charge is 0.328 e. The molecule has 1 aromatic carbocycles. The number of thiocarbonyl (C=S) groups is 1. The summed E-state index contributed by atoms with van der Waals surface area (Å²) in [4.78, 5) is 11.6. The van der Waals surface area contributed by atoms with Gasteiger partial charge in [-0.15, -0.1) is 0 Å². The summed E-state index contributed by atoms with van der Waals surface area (Å²) in [7, 11) is 0. The standard InChI is InChI=1S/C16H16N2OS/c1-9-3-5-12-7-11(4-6-13(12)10(9)2)8-14-15(19)18-16(20)17-14/h3-10H,1-2H3,(H2,17,18,19,20)/b14-8-. The number of hydrogen-bond acceptors (Lipinski definition) is 2. The van der Waals surface area contributed by atoms with Crippen LogP contribution in [0.3, 0.4) is 0 Å². The highest BCUT2D eigenvalue weighted by atomic mass is 32.1. The Bertz CT molecular complexity index is 660. The number of fused-ring (bicyclic) bond motifs is 1. The maximum atomic E-state index is 11.6. The molecule has 102 valence electrons. The van der Waals surface area contributed by atoms with Crippen LogP contribution in [0.4, 0.5) is 0 Å². The van der Waals surface area contributed by atoms with Crippen molar-refractivity contribution in [3.05, 3.63) is 46.7 Å². The van der Waals surface area contributed by atoms with E-state index in [0.29, 0.717) is 22.6 Å². The van der Waals surface area contributed by atoms with Gasteiger partial charge in [-0.05, 0) is 52.9 Å². The second-order valence-corrected chi connectivity index (χ2v) is 5.77. The normalized spacial score (nSPS) is 26.4. The third-order valence-corrected chi connectivity index (χ3v) is 4.20. The molecule has 2 atom stereocenters. The van der Waals surface area contributed by atoms with Crippen molar-refractivity contribution in [2.75, 3.05) is 0 Å². The summed E-state index contributed by atoms with van der Waals surface area (Å²) in [5.41, 5.74) is 4.08. The molecule has 2 N–H and O–H groups in total. The van der Waals surface area contributed by atoms with Crippen LogP contribution in [-0.2, 0) is 4.79 Å². The molecule has 1 saturated heterocycles. The Morgan fingerprint density at radius 1 is 1.25 bits per heavy atom. The van der Waals surface area contributed by atoms with Gasteiger partial charge in [0.15, 0.2) is 5.11 Å². The Morgan fingerprint density at radius 2 is 2.05 bits per heavy atom. The molecular weight excluding hydrogens is 268 g/mol. The van der Waals surface area contributed by atoms with Crippen molar-refractivity contribution in [1.82, 2.24) is 10.6 Å². The van der Waals surface area contributed by atoms with Gasteiger partial charge in [0, 0.05) is 0 Å². The Kier molecular flexibility index (Phi) is 3.18. The molecule has 0 spiro atoms. The third-order valence-electron chi connectivity index (χ3n) is 4.00. The lowest BCUT2D eigenvalue weighted by Gasteiger charge is -2.24. The third kappa shape index (κ3) is 2.27. The van der Waals surface area contributed by atoms with Crippen molar-refractivity contribution < 1.29 is 4.79 Å². The van der Waals surface area contributed by atoms with Crippen LogP contribution < -0.4 is 10.6 Å². The smallest absolute Gasteiger partial charge is 0.273 e. The zero-order valence-corrected chi connectivity index (χ0v) is 12.3. The van der Waals surface area contributed by atoms with Crippen LogP contribution in [0.15, 0.2) is 30.0 Å². The van der Waals surface area contributed by atoms with E-state index in [4.69, 9.17) is 12.2 Å². The van der Waals surface area contributed by atoms with Crippen LogP contribution in [-0.4, -0.2) is 11.0 Å². The fraction of sp³-hybridized carbons (Fsp3) is 0.250.